The van der Waals surface area contributed by atoms with Crippen molar-refractivity contribution < 1.29 is 24.0 Å². The van der Waals surface area contributed by atoms with E-state index in [-0.39, 0.29) is 46.0 Å². The quantitative estimate of drug-likeness (QED) is 0.0613. The van der Waals surface area contributed by atoms with Crippen molar-refractivity contribution >= 4 is 74.2 Å². The van der Waals surface area contributed by atoms with Crippen molar-refractivity contribution in [2.45, 2.75) is 19.4 Å². The van der Waals surface area contributed by atoms with Crippen molar-refractivity contribution in [1.82, 2.24) is 23.6 Å². The SMILES string of the molecule is C=C(Br)C(=O)Nc1cc(C(=O)Nc2cc(C(=O)Nc3cc(C(=O)Nc4cc(C(=O)NCC(CC)N=C(N)N)n(C)c4)n(C)c3)n(C)c2)n(C)c1. The number of halogens is 1. The molecule has 4 heterocycles. The Labute approximate surface area is 295 Å². The number of carbonyl (C=O) groups excluding carboxylic acids is 5. The third-order valence-electron chi connectivity index (χ3n) is 7.53. The molecule has 50 heavy (non-hydrogen) atoms. The van der Waals surface area contributed by atoms with Crippen LogP contribution in [-0.2, 0) is 33.0 Å². The van der Waals surface area contributed by atoms with Gasteiger partial charge in [0.15, 0.2) is 5.96 Å². The molecule has 5 amide bonds. The Morgan fingerprint density at radius 2 is 1.02 bits per heavy atom. The molecule has 9 N–H and O–H groups in total. The summed E-state index contributed by atoms with van der Waals surface area (Å²) in [6, 6.07) is 5.81. The van der Waals surface area contributed by atoms with Gasteiger partial charge in [0.1, 0.15) is 22.8 Å². The van der Waals surface area contributed by atoms with E-state index in [1.54, 1.807) is 77.3 Å². The lowest BCUT2D eigenvalue weighted by Gasteiger charge is -2.12. The number of rotatable bonds is 13. The minimum Gasteiger partial charge on any atom is -0.370 e. The zero-order valence-corrected chi connectivity index (χ0v) is 29.7. The Morgan fingerprint density at radius 3 is 1.34 bits per heavy atom. The number of aliphatic imine (C=N–C) groups is 1. The summed E-state index contributed by atoms with van der Waals surface area (Å²) < 4.78 is 6.38. The molecule has 4 rings (SSSR count). The molecular weight excluding hydrogens is 712 g/mol. The van der Waals surface area contributed by atoms with Gasteiger partial charge in [0, 0.05) is 59.5 Å². The van der Waals surface area contributed by atoms with Gasteiger partial charge < -0.3 is 56.3 Å². The molecule has 0 aromatic carbocycles. The number of guanidine groups is 1. The van der Waals surface area contributed by atoms with Crippen molar-refractivity contribution in [3.63, 3.8) is 0 Å². The minimum atomic E-state index is -0.478. The Morgan fingerprint density at radius 1 is 0.680 bits per heavy atom. The maximum absolute atomic E-state index is 13.2. The van der Waals surface area contributed by atoms with Gasteiger partial charge in [0.25, 0.3) is 29.5 Å². The van der Waals surface area contributed by atoms with Crippen molar-refractivity contribution in [2.24, 2.45) is 44.7 Å². The van der Waals surface area contributed by atoms with Crippen LogP contribution in [0.1, 0.15) is 55.3 Å². The summed E-state index contributed by atoms with van der Waals surface area (Å²) in [4.78, 5) is 68.1. The lowest BCUT2D eigenvalue weighted by atomic mass is 10.2. The predicted octanol–water partition coefficient (Wildman–Crippen LogP) is 2.43. The normalized spacial score (nSPS) is 11.3. The molecule has 0 aliphatic carbocycles. The fourth-order valence-electron chi connectivity index (χ4n) is 5.01. The number of aryl methyl sites for hydroxylation is 4. The van der Waals surface area contributed by atoms with E-state index >= 15 is 0 Å². The molecule has 0 spiro atoms. The molecular formula is C32H39BrN12O5. The fourth-order valence-corrected chi connectivity index (χ4v) is 5.11. The number of aromatic nitrogens is 4. The van der Waals surface area contributed by atoms with E-state index in [4.69, 9.17) is 11.5 Å². The number of anilines is 4. The highest BCUT2D eigenvalue weighted by Gasteiger charge is 2.20. The highest BCUT2D eigenvalue weighted by Crippen LogP contribution is 2.21. The summed E-state index contributed by atoms with van der Waals surface area (Å²) in [5.41, 5.74) is 13.5. The van der Waals surface area contributed by atoms with E-state index in [9.17, 15) is 24.0 Å². The number of amides is 5. The Hall–Kier alpha value is -6.04. The van der Waals surface area contributed by atoms with Crippen LogP contribution in [-0.4, -0.2) is 66.4 Å². The van der Waals surface area contributed by atoms with Crippen LogP contribution in [0.3, 0.4) is 0 Å². The maximum Gasteiger partial charge on any atom is 0.272 e. The first-order valence-corrected chi connectivity index (χ1v) is 16.0. The van der Waals surface area contributed by atoms with Gasteiger partial charge >= 0.3 is 0 Å². The van der Waals surface area contributed by atoms with Crippen molar-refractivity contribution in [3.05, 3.63) is 82.9 Å². The second-order valence-corrected chi connectivity index (χ2v) is 12.4. The molecule has 4 aromatic rings. The largest absolute Gasteiger partial charge is 0.370 e. The van der Waals surface area contributed by atoms with E-state index in [0.29, 0.717) is 34.9 Å². The summed E-state index contributed by atoms with van der Waals surface area (Å²) in [6.07, 6.45) is 6.98. The van der Waals surface area contributed by atoms with Crippen molar-refractivity contribution in [3.8, 4) is 0 Å². The van der Waals surface area contributed by atoms with E-state index in [2.05, 4.69) is 54.1 Å². The summed E-state index contributed by atoms with van der Waals surface area (Å²) in [5.74, 6) is -2.26. The average molecular weight is 752 g/mol. The van der Waals surface area contributed by atoms with Gasteiger partial charge in [-0.2, -0.15) is 0 Å². The maximum atomic E-state index is 13.2. The van der Waals surface area contributed by atoms with Gasteiger partial charge in [-0.1, -0.05) is 13.5 Å². The zero-order valence-electron chi connectivity index (χ0n) is 28.1. The van der Waals surface area contributed by atoms with Crippen molar-refractivity contribution in [1.29, 1.82) is 0 Å². The molecule has 0 radical (unpaired) electrons. The topological polar surface area (TPSA) is 230 Å². The van der Waals surface area contributed by atoms with Crippen molar-refractivity contribution in [2.75, 3.05) is 27.8 Å². The van der Waals surface area contributed by atoms with Gasteiger partial charge in [0.2, 0.25) is 0 Å². The second kappa shape index (κ2) is 15.5. The molecule has 0 saturated heterocycles. The lowest BCUT2D eigenvalue weighted by molar-refractivity contribution is -0.112. The minimum absolute atomic E-state index is 0.0557. The molecule has 0 saturated carbocycles. The molecule has 17 nitrogen and oxygen atoms in total. The second-order valence-electron chi connectivity index (χ2n) is 11.4. The molecule has 0 aliphatic heterocycles. The molecule has 0 bridgehead atoms. The van der Waals surface area contributed by atoms with Crippen LogP contribution in [0.2, 0.25) is 0 Å². The summed E-state index contributed by atoms with van der Waals surface area (Å²) in [6.45, 7) is 5.66. The van der Waals surface area contributed by atoms with E-state index < -0.39 is 23.6 Å². The van der Waals surface area contributed by atoms with E-state index in [0.717, 1.165) is 0 Å². The van der Waals surface area contributed by atoms with Crippen LogP contribution in [0.15, 0.2) is 65.1 Å². The first kappa shape index (κ1) is 36.8. The number of nitrogens with one attached hydrogen (secondary N) is 5. The average Bonchev–Trinajstić information content (AvgIpc) is 3.79. The Balaban J connectivity index is 1.38. The molecule has 0 aliphatic rings. The smallest absolute Gasteiger partial charge is 0.272 e. The van der Waals surface area contributed by atoms with Gasteiger partial charge in [-0.25, -0.2) is 4.99 Å². The first-order chi connectivity index (χ1) is 23.6. The molecule has 18 heteroatoms. The monoisotopic (exact) mass is 750 g/mol. The number of hydrogen-bond donors (Lipinski definition) is 7. The molecule has 4 aromatic heterocycles. The number of hydrogen-bond acceptors (Lipinski definition) is 6. The molecule has 1 unspecified atom stereocenters. The van der Waals surface area contributed by atoms with Gasteiger partial charge in [-0.3, -0.25) is 24.0 Å². The number of nitrogens with zero attached hydrogens (tertiary/aromatic N) is 5. The van der Waals surface area contributed by atoms with Crippen LogP contribution in [0.25, 0.3) is 0 Å². The summed E-state index contributed by atoms with van der Waals surface area (Å²) in [5, 5.41) is 13.7. The van der Waals surface area contributed by atoms with Crippen LogP contribution in [0, 0.1) is 0 Å². The van der Waals surface area contributed by atoms with Crippen LogP contribution in [0.4, 0.5) is 22.7 Å². The first-order valence-electron chi connectivity index (χ1n) is 15.2. The van der Waals surface area contributed by atoms with Gasteiger partial charge in [0.05, 0.1) is 33.3 Å². The van der Waals surface area contributed by atoms with Crippen LogP contribution < -0.4 is 38.1 Å². The summed E-state index contributed by atoms with van der Waals surface area (Å²) >= 11 is 3.01. The van der Waals surface area contributed by atoms with E-state index in [1.165, 1.54) is 18.2 Å². The Bertz CT molecular complexity index is 2010. The number of carbonyl (C=O) groups is 5. The highest BCUT2D eigenvalue weighted by atomic mass is 79.9. The third kappa shape index (κ3) is 8.90. The fraction of sp³-hybridized carbons (Fsp3) is 0.250. The molecule has 0 fully saturated rings. The predicted molar refractivity (Wildman–Crippen MR) is 194 cm³/mol. The lowest BCUT2D eigenvalue weighted by Crippen LogP contribution is -2.34. The van der Waals surface area contributed by atoms with Crippen LogP contribution >= 0.6 is 15.9 Å². The zero-order chi connectivity index (χ0) is 36.9. The van der Waals surface area contributed by atoms with Gasteiger partial charge in [-0.15, -0.1) is 0 Å². The van der Waals surface area contributed by atoms with E-state index in [1.807, 2.05) is 6.92 Å². The Kier molecular flexibility index (Phi) is 11.4. The van der Waals surface area contributed by atoms with Crippen LogP contribution in [0.5, 0.6) is 0 Å². The molecule has 1 atom stereocenters. The summed E-state index contributed by atoms with van der Waals surface area (Å²) in [7, 11) is 6.64. The highest BCUT2D eigenvalue weighted by molar-refractivity contribution is 9.12. The van der Waals surface area contributed by atoms with Gasteiger partial charge in [-0.05, 0) is 46.6 Å². The molecule has 264 valence electrons. The third-order valence-corrected chi connectivity index (χ3v) is 7.89. The number of nitrogens with two attached hydrogens (primary N) is 2. The standard InChI is InChI=1S/C32H39BrN12O5/c1-7-18(41-32(34)35)12-36-28(47)23-8-20(14-42(23)3)38-30(49)25-10-22(16-44(25)5)40-31(50)26-11-21(15-45(26)6)39-29(48)24-9-19(13-43(24)4)37-27(46)17(2)33/h8-11,13-16,18H,2,7,12H2,1,3-6H3,(H,36,47)(H,37,46)(H,38,49)(H,39,48)(H,40,50)(H4,34,35,41).